The first kappa shape index (κ1) is 32.5. The number of thioether (sulfide) groups is 1. The molecule has 3 aromatic rings. The molecule has 0 bridgehead atoms. The predicted octanol–water partition coefficient (Wildman–Crippen LogP) is 4.73. The van der Waals surface area contributed by atoms with Crippen molar-refractivity contribution in [3.63, 3.8) is 0 Å². The molecule has 4 N–H and O–H groups in total. The molecule has 0 radical (unpaired) electrons. The van der Waals surface area contributed by atoms with Crippen molar-refractivity contribution in [3.8, 4) is 11.1 Å². The van der Waals surface area contributed by atoms with Crippen LogP contribution in [0.25, 0.3) is 11.1 Å². The largest absolute Gasteiger partial charge is 0.465 e. The van der Waals surface area contributed by atoms with Gasteiger partial charge in [0.2, 0.25) is 0 Å². The van der Waals surface area contributed by atoms with Crippen molar-refractivity contribution in [2.45, 2.75) is 45.5 Å². The van der Waals surface area contributed by atoms with E-state index in [9.17, 15) is 19.8 Å². The van der Waals surface area contributed by atoms with E-state index in [1.807, 2.05) is 66.7 Å². The summed E-state index contributed by atoms with van der Waals surface area (Å²) in [6.07, 6.45) is -0.892. The molecule has 0 unspecified atom stereocenters. The third-order valence-corrected chi connectivity index (χ3v) is 8.25. The number of hydrogen-bond donors (Lipinski definition) is 4. The minimum atomic E-state index is -0.591. The first-order valence-corrected chi connectivity index (χ1v) is 15.6. The van der Waals surface area contributed by atoms with E-state index in [-0.39, 0.29) is 44.5 Å². The number of carbonyl (C=O) groups excluding carboxylic acids is 2. The molecule has 0 saturated carbocycles. The highest BCUT2D eigenvalue weighted by molar-refractivity contribution is 7.99. The molecule has 4 rings (SSSR count). The van der Waals surface area contributed by atoms with Crippen LogP contribution >= 0.6 is 11.8 Å². The van der Waals surface area contributed by atoms with Gasteiger partial charge in [-0.1, -0.05) is 67.6 Å². The molecule has 0 aliphatic carbocycles. The summed E-state index contributed by atoms with van der Waals surface area (Å²) in [6, 6.07) is 23.3. The van der Waals surface area contributed by atoms with Crippen LogP contribution in [0.3, 0.4) is 0 Å². The SMILES string of the molecule is CCOC(=O)CNC(=O)NCc1cccc(-c2cccc([C@H]3O[C@@H](CSCCO)[C@@H](C)[C@@H](c4ccc(CO)cc4)O3)c2)c1. The highest BCUT2D eigenvalue weighted by Crippen LogP contribution is 2.43. The molecule has 9 nitrogen and oxygen atoms in total. The van der Waals surface area contributed by atoms with E-state index in [4.69, 9.17) is 14.2 Å². The number of aliphatic hydroxyl groups excluding tert-OH is 2. The molecule has 10 heteroatoms. The molecule has 4 atom stereocenters. The van der Waals surface area contributed by atoms with Crippen molar-refractivity contribution in [1.82, 2.24) is 10.6 Å². The zero-order valence-corrected chi connectivity index (χ0v) is 25.3. The fourth-order valence-electron chi connectivity index (χ4n) is 4.91. The summed E-state index contributed by atoms with van der Waals surface area (Å²) >= 11 is 1.66. The average molecular weight is 609 g/mol. The van der Waals surface area contributed by atoms with E-state index in [0.717, 1.165) is 39.1 Å². The van der Waals surface area contributed by atoms with E-state index in [1.54, 1.807) is 18.7 Å². The van der Waals surface area contributed by atoms with Crippen LogP contribution in [0.2, 0.25) is 0 Å². The summed E-state index contributed by atoms with van der Waals surface area (Å²) in [6.45, 7) is 4.30. The number of rotatable bonds is 13. The molecule has 230 valence electrons. The molecule has 1 aliphatic heterocycles. The van der Waals surface area contributed by atoms with Gasteiger partial charge in [0.1, 0.15) is 6.54 Å². The van der Waals surface area contributed by atoms with E-state index < -0.39 is 18.3 Å². The number of urea groups is 1. The molecule has 2 amide bonds. The van der Waals surface area contributed by atoms with Gasteiger partial charge in [-0.3, -0.25) is 4.79 Å². The van der Waals surface area contributed by atoms with Crippen LogP contribution in [0.5, 0.6) is 0 Å². The maximum atomic E-state index is 12.1. The number of aliphatic hydroxyl groups is 2. The highest BCUT2D eigenvalue weighted by Gasteiger charge is 2.38. The number of amides is 2. The Labute approximate surface area is 256 Å². The van der Waals surface area contributed by atoms with Gasteiger partial charge in [-0.05, 0) is 46.9 Å². The maximum Gasteiger partial charge on any atom is 0.325 e. The summed E-state index contributed by atoms with van der Waals surface area (Å²) < 4.78 is 17.9. The molecule has 1 fully saturated rings. The van der Waals surface area contributed by atoms with Gasteiger partial charge in [-0.2, -0.15) is 11.8 Å². The molecule has 1 aliphatic rings. The Bertz CT molecular complexity index is 1340. The summed E-state index contributed by atoms with van der Waals surface area (Å²) in [5, 5.41) is 24.0. The van der Waals surface area contributed by atoms with Crippen molar-refractivity contribution in [3.05, 3.63) is 95.1 Å². The highest BCUT2D eigenvalue weighted by atomic mass is 32.2. The van der Waals surface area contributed by atoms with Crippen molar-refractivity contribution < 1.29 is 34.0 Å². The number of carbonyl (C=O) groups is 2. The number of ether oxygens (including phenoxy) is 3. The van der Waals surface area contributed by atoms with Crippen LogP contribution in [-0.2, 0) is 32.2 Å². The minimum Gasteiger partial charge on any atom is -0.465 e. The van der Waals surface area contributed by atoms with Crippen LogP contribution in [0.15, 0.2) is 72.8 Å². The van der Waals surface area contributed by atoms with Crippen molar-refractivity contribution in [2.75, 3.05) is 31.3 Å². The standard InChI is InChI=1S/C33H40N2O7S/c1-3-40-30(38)19-35-33(39)34-18-24-6-4-7-26(16-24)27-8-5-9-28(17-27)32-41-29(21-43-15-14-36)22(2)31(42-32)25-12-10-23(20-37)11-13-25/h4-13,16-17,22,29,31-32,36-37H,3,14-15,18-21H2,1-2H3,(H2,34,35,39)/t22-,29+,31+,32+/m1/s1. The lowest BCUT2D eigenvalue weighted by Crippen LogP contribution is -2.38. The van der Waals surface area contributed by atoms with Crippen LogP contribution in [-0.4, -0.2) is 59.6 Å². The Kier molecular flexibility index (Phi) is 12.4. The lowest BCUT2D eigenvalue weighted by Gasteiger charge is -2.41. The zero-order chi connectivity index (χ0) is 30.6. The Morgan fingerprint density at radius 3 is 2.37 bits per heavy atom. The van der Waals surface area contributed by atoms with E-state index in [2.05, 4.69) is 23.6 Å². The first-order valence-electron chi connectivity index (χ1n) is 14.5. The second kappa shape index (κ2) is 16.4. The first-order chi connectivity index (χ1) is 20.9. The lowest BCUT2D eigenvalue weighted by molar-refractivity contribution is -0.268. The molecular weight excluding hydrogens is 568 g/mol. The Morgan fingerprint density at radius 1 is 0.907 bits per heavy atom. The number of hydrogen-bond acceptors (Lipinski definition) is 8. The van der Waals surface area contributed by atoms with Crippen molar-refractivity contribution in [2.24, 2.45) is 5.92 Å². The zero-order valence-electron chi connectivity index (χ0n) is 24.5. The van der Waals surface area contributed by atoms with Crippen molar-refractivity contribution >= 4 is 23.8 Å². The van der Waals surface area contributed by atoms with Crippen LogP contribution in [0.1, 0.15) is 48.5 Å². The van der Waals surface area contributed by atoms with Crippen LogP contribution in [0, 0.1) is 5.92 Å². The normalized spacial score (nSPS) is 19.9. The maximum absolute atomic E-state index is 12.1. The van der Waals surface area contributed by atoms with Gasteiger partial charge in [0, 0.05) is 29.5 Å². The smallest absolute Gasteiger partial charge is 0.325 e. The van der Waals surface area contributed by atoms with Crippen molar-refractivity contribution in [1.29, 1.82) is 0 Å². The number of esters is 1. The molecule has 1 heterocycles. The fraction of sp³-hybridized carbons (Fsp3) is 0.394. The average Bonchev–Trinajstić information content (AvgIpc) is 3.04. The van der Waals surface area contributed by atoms with E-state index >= 15 is 0 Å². The quantitative estimate of drug-likeness (QED) is 0.162. The van der Waals surface area contributed by atoms with Gasteiger partial charge in [-0.25, -0.2) is 4.79 Å². The van der Waals surface area contributed by atoms with Crippen LogP contribution < -0.4 is 10.6 Å². The minimum absolute atomic E-state index is 0.0136. The predicted molar refractivity (Wildman–Crippen MR) is 166 cm³/mol. The fourth-order valence-corrected chi connectivity index (χ4v) is 5.82. The molecule has 43 heavy (non-hydrogen) atoms. The molecule has 1 saturated heterocycles. The number of benzene rings is 3. The molecule has 3 aromatic carbocycles. The van der Waals surface area contributed by atoms with Gasteiger partial charge in [0.15, 0.2) is 6.29 Å². The molecular formula is C33H40N2O7S. The summed E-state index contributed by atoms with van der Waals surface area (Å²) in [4.78, 5) is 23.6. The van der Waals surface area contributed by atoms with Gasteiger partial charge in [-0.15, -0.1) is 0 Å². The second-order valence-electron chi connectivity index (χ2n) is 10.3. The summed E-state index contributed by atoms with van der Waals surface area (Å²) in [5.74, 6) is 0.960. The van der Waals surface area contributed by atoms with E-state index in [1.165, 1.54) is 0 Å². The van der Waals surface area contributed by atoms with Gasteiger partial charge in [0.05, 0.1) is 32.0 Å². The third-order valence-electron chi connectivity index (χ3n) is 7.21. The summed E-state index contributed by atoms with van der Waals surface area (Å²) in [7, 11) is 0. The monoisotopic (exact) mass is 608 g/mol. The Morgan fingerprint density at radius 2 is 1.65 bits per heavy atom. The molecule has 0 aromatic heterocycles. The Balaban J connectivity index is 1.49. The van der Waals surface area contributed by atoms with Crippen LogP contribution in [0.4, 0.5) is 4.79 Å². The van der Waals surface area contributed by atoms with E-state index in [0.29, 0.717) is 12.3 Å². The molecule has 0 spiro atoms. The summed E-state index contributed by atoms with van der Waals surface area (Å²) in [5.41, 5.74) is 5.62. The van der Waals surface area contributed by atoms with Gasteiger partial charge < -0.3 is 35.1 Å². The van der Waals surface area contributed by atoms with Gasteiger partial charge >= 0.3 is 12.0 Å². The Hall–Kier alpha value is -3.41. The second-order valence-corrected chi connectivity index (χ2v) is 11.4. The topological polar surface area (TPSA) is 126 Å². The number of nitrogens with one attached hydrogen (secondary N) is 2. The third kappa shape index (κ3) is 9.29. The lowest BCUT2D eigenvalue weighted by atomic mass is 9.91. The van der Waals surface area contributed by atoms with Gasteiger partial charge in [0.25, 0.3) is 0 Å².